The minimum absolute atomic E-state index is 0.0743. The topological polar surface area (TPSA) is 50.4 Å². The molecular weight excluding hydrogens is 323 g/mol. The number of carbonyl (C=O) groups is 1. The molecule has 1 unspecified atom stereocenters. The number of amides is 1. The molecule has 0 saturated heterocycles. The van der Waals surface area contributed by atoms with Crippen LogP contribution in [0, 0.1) is 11.7 Å². The summed E-state index contributed by atoms with van der Waals surface area (Å²) in [5.41, 5.74) is 1.42. The molecule has 0 radical (unpaired) electrons. The van der Waals surface area contributed by atoms with Crippen LogP contribution >= 0.6 is 0 Å². The number of hydrogen-bond donors (Lipinski definition) is 2. The zero-order valence-electron chi connectivity index (χ0n) is 15.1. The molecule has 1 aromatic rings. The highest BCUT2D eigenvalue weighted by atomic mass is 28.4. The number of nitrogens with one attached hydrogen (secondary N) is 2. The summed E-state index contributed by atoms with van der Waals surface area (Å²) in [7, 11) is -1.95. The van der Waals surface area contributed by atoms with Crippen LogP contribution in [0.4, 0.5) is 15.8 Å². The van der Waals surface area contributed by atoms with Crippen LogP contribution in [0.3, 0.4) is 0 Å². The van der Waals surface area contributed by atoms with E-state index in [1.54, 1.807) is 6.07 Å². The molecule has 4 nitrogen and oxygen atoms in total. The molecule has 6 heteroatoms. The Bertz CT molecular complexity index is 666. The van der Waals surface area contributed by atoms with Crippen LogP contribution in [0.2, 0.25) is 18.1 Å². The molecule has 1 aliphatic heterocycles. The highest BCUT2D eigenvalue weighted by molar-refractivity contribution is 6.74. The maximum atomic E-state index is 14.8. The maximum Gasteiger partial charge on any atom is 0.247 e. The summed E-state index contributed by atoms with van der Waals surface area (Å²) >= 11 is 0. The number of carbonyl (C=O) groups excluding carboxylic acids is 1. The number of benzene rings is 1. The predicted molar refractivity (Wildman–Crippen MR) is 97.2 cm³/mol. The monoisotopic (exact) mass is 350 g/mol. The first-order valence-electron chi connectivity index (χ1n) is 8.63. The highest BCUT2D eigenvalue weighted by Gasteiger charge is 2.40. The molecule has 1 amide bonds. The molecule has 132 valence electrons. The molecule has 1 heterocycles. The predicted octanol–water partition coefficient (Wildman–Crippen LogP) is 4.49. The second-order valence-corrected chi connectivity index (χ2v) is 13.3. The molecule has 1 fully saturated rings. The van der Waals surface area contributed by atoms with Gasteiger partial charge in [0.25, 0.3) is 0 Å². The Balaban J connectivity index is 1.78. The minimum Gasteiger partial charge on any atom is -0.412 e. The lowest BCUT2D eigenvalue weighted by Crippen LogP contribution is -2.41. The molecule has 3 rings (SSSR count). The van der Waals surface area contributed by atoms with E-state index in [0.717, 1.165) is 12.8 Å². The van der Waals surface area contributed by atoms with Crippen LogP contribution < -0.4 is 10.6 Å². The molecule has 1 aliphatic carbocycles. The normalized spacial score (nSPS) is 21.1. The molecule has 24 heavy (non-hydrogen) atoms. The minimum atomic E-state index is -1.95. The number of halogens is 1. The third-order valence-corrected chi connectivity index (χ3v) is 10.0. The Kier molecular flexibility index (Phi) is 4.24. The van der Waals surface area contributed by atoms with Crippen molar-refractivity contribution in [3.8, 4) is 0 Å². The van der Waals surface area contributed by atoms with Gasteiger partial charge in [-0.15, -0.1) is 0 Å². The fraction of sp³-hybridized carbons (Fsp3) is 0.611. The van der Waals surface area contributed by atoms with Crippen molar-refractivity contribution in [1.82, 2.24) is 0 Å². The van der Waals surface area contributed by atoms with E-state index < -0.39 is 8.32 Å². The highest BCUT2D eigenvalue weighted by Crippen LogP contribution is 2.41. The Morgan fingerprint density at radius 1 is 1.29 bits per heavy atom. The van der Waals surface area contributed by atoms with Crippen molar-refractivity contribution in [2.75, 3.05) is 10.6 Å². The van der Waals surface area contributed by atoms with Crippen molar-refractivity contribution in [3.63, 3.8) is 0 Å². The van der Waals surface area contributed by atoms with Crippen LogP contribution in [-0.4, -0.2) is 20.3 Å². The lowest BCUT2D eigenvalue weighted by molar-refractivity contribution is -0.117. The number of anilines is 2. The van der Waals surface area contributed by atoms with Gasteiger partial charge in [0.2, 0.25) is 5.91 Å². The van der Waals surface area contributed by atoms with Crippen molar-refractivity contribution in [1.29, 1.82) is 0 Å². The van der Waals surface area contributed by atoms with Gasteiger partial charge in [-0.1, -0.05) is 26.8 Å². The zero-order chi connectivity index (χ0) is 17.7. The Morgan fingerprint density at radius 3 is 2.54 bits per heavy atom. The molecule has 1 aromatic carbocycles. The van der Waals surface area contributed by atoms with Gasteiger partial charge in [-0.2, -0.15) is 0 Å². The second-order valence-electron chi connectivity index (χ2n) is 8.46. The van der Waals surface area contributed by atoms with Crippen LogP contribution in [0.25, 0.3) is 0 Å². The van der Waals surface area contributed by atoms with Gasteiger partial charge in [0.1, 0.15) is 11.7 Å². The fourth-order valence-corrected chi connectivity index (χ4v) is 3.59. The number of hydrogen-bond acceptors (Lipinski definition) is 3. The van der Waals surface area contributed by atoms with Gasteiger partial charge in [0.15, 0.2) is 14.1 Å². The first kappa shape index (κ1) is 17.4. The van der Waals surface area contributed by atoms with E-state index in [4.69, 9.17) is 4.43 Å². The standard InChI is InChI=1S/C18H27FN2O2Si/c1-18(2,3)24(4,5)23-10-12-8-9-13-16(14(12)19)21-17(22)15(20-13)11-6-7-11/h8-9,11,15,20H,6-7,10H2,1-5H3,(H,21,22). The van der Waals surface area contributed by atoms with Crippen molar-refractivity contribution >= 4 is 25.6 Å². The lowest BCUT2D eigenvalue weighted by atomic mass is 10.1. The van der Waals surface area contributed by atoms with Gasteiger partial charge in [0, 0.05) is 5.56 Å². The van der Waals surface area contributed by atoms with Gasteiger partial charge >= 0.3 is 0 Å². The molecular formula is C18H27FN2O2Si. The quantitative estimate of drug-likeness (QED) is 0.787. The third-order valence-electron chi connectivity index (χ3n) is 5.55. The van der Waals surface area contributed by atoms with Crippen molar-refractivity contribution < 1.29 is 13.6 Å². The van der Waals surface area contributed by atoms with E-state index in [-0.39, 0.29) is 35.1 Å². The van der Waals surface area contributed by atoms with E-state index in [0.29, 0.717) is 17.2 Å². The van der Waals surface area contributed by atoms with Crippen molar-refractivity contribution in [2.45, 2.75) is 64.4 Å². The first-order chi connectivity index (χ1) is 11.1. The third kappa shape index (κ3) is 3.22. The SMILES string of the molecule is CC(C)(C)[Si](C)(C)OCc1ccc2c(c1F)NC(=O)C(C1CC1)N2. The Labute approximate surface area is 144 Å². The second kappa shape index (κ2) is 5.84. The summed E-state index contributed by atoms with van der Waals surface area (Å²) in [4.78, 5) is 12.2. The zero-order valence-corrected chi connectivity index (χ0v) is 16.1. The average molecular weight is 351 g/mol. The molecule has 0 aromatic heterocycles. The summed E-state index contributed by atoms with van der Waals surface area (Å²) in [6.07, 6.45) is 2.11. The fourth-order valence-electron chi connectivity index (χ4n) is 2.64. The van der Waals surface area contributed by atoms with E-state index in [1.165, 1.54) is 0 Å². The largest absolute Gasteiger partial charge is 0.412 e. The summed E-state index contributed by atoms with van der Waals surface area (Å²) in [5, 5.41) is 6.01. The van der Waals surface area contributed by atoms with E-state index in [2.05, 4.69) is 44.5 Å². The molecule has 1 saturated carbocycles. The van der Waals surface area contributed by atoms with Crippen molar-refractivity contribution in [2.24, 2.45) is 5.92 Å². The van der Waals surface area contributed by atoms with Crippen LogP contribution in [0.5, 0.6) is 0 Å². The van der Waals surface area contributed by atoms with Crippen LogP contribution in [-0.2, 0) is 15.8 Å². The Morgan fingerprint density at radius 2 is 1.96 bits per heavy atom. The van der Waals surface area contributed by atoms with E-state index in [1.807, 2.05) is 6.07 Å². The smallest absolute Gasteiger partial charge is 0.247 e. The van der Waals surface area contributed by atoms with E-state index in [9.17, 15) is 9.18 Å². The maximum absolute atomic E-state index is 14.8. The summed E-state index contributed by atoms with van der Waals surface area (Å²) < 4.78 is 20.9. The van der Waals surface area contributed by atoms with Gasteiger partial charge in [-0.05, 0) is 43.0 Å². The molecule has 2 N–H and O–H groups in total. The van der Waals surface area contributed by atoms with Crippen LogP contribution in [0.1, 0.15) is 39.2 Å². The summed E-state index contributed by atoms with van der Waals surface area (Å²) in [6, 6.07) is 3.37. The first-order valence-corrected chi connectivity index (χ1v) is 11.5. The Hall–Kier alpha value is -1.40. The summed E-state index contributed by atoms with van der Waals surface area (Å²) in [6.45, 7) is 11.0. The summed E-state index contributed by atoms with van der Waals surface area (Å²) in [5.74, 6) is -0.143. The van der Waals surface area contributed by atoms with Gasteiger partial charge in [-0.3, -0.25) is 4.79 Å². The van der Waals surface area contributed by atoms with Crippen molar-refractivity contribution in [3.05, 3.63) is 23.5 Å². The van der Waals surface area contributed by atoms with Crippen LogP contribution in [0.15, 0.2) is 12.1 Å². The molecule has 0 bridgehead atoms. The molecule has 0 spiro atoms. The number of rotatable bonds is 4. The molecule has 1 atom stereocenters. The number of fused-ring (bicyclic) bond motifs is 1. The molecule has 2 aliphatic rings. The van der Waals surface area contributed by atoms with E-state index >= 15 is 0 Å². The van der Waals surface area contributed by atoms with Gasteiger partial charge in [-0.25, -0.2) is 4.39 Å². The van der Waals surface area contributed by atoms with Gasteiger partial charge in [0.05, 0.1) is 12.3 Å². The average Bonchev–Trinajstić information content (AvgIpc) is 3.30. The van der Waals surface area contributed by atoms with Gasteiger partial charge < -0.3 is 15.1 Å². The lowest BCUT2D eigenvalue weighted by Gasteiger charge is -2.36.